The average molecular weight is 349 g/mol. The van der Waals surface area contributed by atoms with Crippen LogP contribution in [0.2, 0.25) is 0 Å². The number of aryl methyl sites for hydroxylation is 2. The third-order valence-corrected chi connectivity index (χ3v) is 4.98. The molecule has 2 heterocycles. The zero-order chi connectivity index (χ0) is 17.7. The summed E-state index contributed by atoms with van der Waals surface area (Å²) in [5.74, 6) is -1.00. The van der Waals surface area contributed by atoms with Crippen LogP contribution in [0.15, 0.2) is 23.6 Å². The largest absolute Gasteiger partial charge is 0.455 e. The van der Waals surface area contributed by atoms with Crippen LogP contribution in [-0.2, 0) is 22.5 Å². The van der Waals surface area contributed by atoms with E-state index in [1.165, 1.54) is 4.88 Å². The smallest absolute Gasteiger partial charge is 0.335 e. The third kappa shape index (κ3) is 4.33. The van der Waals surface area contributed by atoms with Crippen LogP contribution in [0.5, 0.6) is 0 Å². The Bertz CT molecular complexity index is 703. The van der Waals surface area contributed by atoms with Crippen molar-refractivity contribution in [2.45, 2.75) is 46.3 Å². The van der Waals surface area contributed by atoms with Gasteiger partial charge in [0.25, 0.3) is 0 Å². The summed E-state index contributed by atoms with van der Waals surface area (Å²) in [6.07, 6.45) is 0.0138. The van der Waals surface area contributed by atoms with Crippen LogP contribution < -0.4 is 0 Å². The number of thiophene rings is 1. The van der Waals surface area contributed by atoms with Crippen LogP contribution in [-0.4, -0.2) is 34.1 Å². The van der Waals surface area contributed by atoms with E-state index in [1.54, 1.807) is 18.3 Å². The SMILES string of the molecule is CC[C@H](O)C(=O)OCC(=O)c1cc(C)n(CCc2cccs2)c1C. The van der Waals surface area contributed by atoms with Crippen molar-refractivity contribution in [2.24, 2.45) is 0 Å². The van der Waals surface area contributed by atoms with Gasteiger partial charge in [-0.1, -0.05) is 13.0 Å². The van der Waals surface area contributed by atoms with Crippen molar-refractivity contribution >= 4 is 23.1 Å². The number of esters is 1. The summed E-state index contributed by atoms with van der Waals surface area (Å²) in [5.41, 5.74) is 2.45. The Balaban J connectivity index is 2.01. The second kappa shape index (κ2) is 8.26. The summed E-state index contributed by atoms with van der Waals surface area (Å²) in [6.45, 7) is 6.00. The van der Waals surface area contributed by atoms with Gasteiger partial charge in [-0.2, -0.15) is 0 Å². The first kappa shape index (κ1) is 18.4. The lowest BCUT2D eigenvalue weighted by molar-refractivity contribution is -0.152. The monoisotopic (exact) mass is 349 g/mol. The molecule has 0 saturated carbocycles. The molecule has 0 spiro atoms. The van der Waals surface area contributed by atoms with E-state index in [0.29, 0.717) is 5.56 Å². The van der Waals surface area contributed by atoms with Crippen molar-refractivity contribution in [1.82, 2.24) is 4.57 Å². The first-order chi connectivity index (χ1) is 11.4. The number of carbonyl (C=O) groups is 2. The highest BCUT2D eigenvalue weighted by molar-refractivity contribution is 7.09. The van der Waals surface area contributed by atoms with Crippen molar-refractivity contribution < 1.29 is 19.4 Å². The number of aliphatic hydroxyl groups excluding tert-OH is 1. The minimum atomic E-state index is -1.17. The van der Waals surface area contributed by atoms with E-state index in [0.717, 1.165) is 24.4 Å². The molecule has 5 nitrogen and oxygen atoms in total. The van der Waals surface area contributed by atoms with E-state index < -0.39 is 12.1 Å². The van der Waals surface area contributed by atoms with E-state index in [-0.39, 0.29) is 18.8 Å². The Morgan fingerprint density at radius 2 is 2.12 bits per heavy atom. The summed E-state index contributed by atoms with van der Waals surface area (Å²) in [6, 6.07) is 5.96. The van der Waals surface area contributed by atoms with Crippen LogP contribution in [0.25, 0.3) is 0 Å². The molecule has 0 amide bonds. The van der Waals surface area contributed by atoms with Gasteiger partial charge in [0.2, 0.25) is 5.78 Å². The van der Waals surface area contributed by atoms with E-state index in [2.05, 4.69) is 16.0 Å². The molecule has 2 aromatic heterocycles. The van der Waals surface area contributed by atoms with Crippen molar-refractivity contribution in [3.8, 4) is 0 Å². The van der Waals surface area contributed by atoms with Crippen LogP contribution in [0.4, 0.5) is 0 Å². The van der Waals surface area contributed by atoms with Gasteiger partial charge in [0.1, 0.15) is 0 Å². The zero-order valence-corrected chi connectivity index (χ0v) is 15.1. The number of aliphatic hydroxyl groups is 1. The molecule has 6 heteroatoms. The minimum Gasteiger partial charge on any atom is -0.455 e. The Morgan fingerprint density at radius 3 is 2.75 bits per heavy atom. The van der Waals surface area contributed by atoms with Gasteiger partial charge in [0.05, 0.1) is 0 Å². The van der Waals surface area contributed by atoms with Gasteiger partial charge in [-0.25, -0.2) is 4.79 Å². The van der Waals surface area contributed by atoms with Crippen molar-refractivity contribution in [2.75, 3.05) is 6.61 Å². The number of aromatic nitrogens is 1. The fourth-order valence-electron chi connectivity index (χ4n) is 2.58. The number of nitrogens with zero attached hydrogens (tertiary/aromatic N) is 1. The molecule has 2 aromatic rings. The molecule has 1 atom stereocenters. The van der Waals surface area contributed by atoms with Crippen LogP contribution in [0.1, 0.15) is 40.0 Å². The average Bonchev–Trinajstić information content (AvgIpc) is 3.18. The molecule has 0 aliphatic carbocycles. The van der Waals surface area contributed by atoms with Crippen LogP contribution >= 0.6 is 11.3 Å². The number of carbonyl (C=O) groups excluding carboxylic acids is 2. The maximum absolute atomic E-state index is 12.3. The molecule has 2 rings (SSSR count). The Morgan fingerprint density at radius 1 is 1.38 bits per heavy atom. The maximum Gasteiger partial charge on any atom is 0.335 e. The predicted molar refractivity (Wildman–Crippen MR) is 93.5 cm³/mol. The molecule has 0 aromatic carbocycles. The van der Waals surface area contributed by atoms with Crippen LogP contribution in [0, 0.1) is 13.8 Å². The van der Waals surface area contributed by atoms with Crippen LogP contribution in [0.3, 0.4) is 0 Å². The predicted octanol–water partition coefficient (Wildman–Crippen LogP) is 2.91. The first-order valence-corrected chi connectivity index (χ1v) is 8.89. The number of Topliss-reactive ketones (excluding diaryl/α,β-unsaturated/α-hetero) is 1. The standard InChI is InChI=1S/C18H23NO4S/c1-4-16(20)18(22)23-11-17(21)15-10-12(2)19(13(15)3)8-7-14-6-5-9-24-14/h5-6,9-10,16,20H,4,7-8,11H2,1-3H3/t16-/m0/s1. The molecule has 0 saturated heterocycles. The quantitative estimate of drug-likeness (QED) is 0.588. The molecule has 1 N–H and O–H groups in total. The van der Waals surface area contributed by atoms with Gasteiger partial charge in [0.15, 0.2) is 12.7 Å². The van der Waals surface area contributed by atoms with Gasteiger partial charge in [-0.15, -0.1) is 11.3 Å². The van der Waals surface area contributed by atoms with Crippen molar-refractivity contribution in [1.29, 1.82) is 0 Å². The van der Waals surface area contributed by atoms with Gasteiger partial charge in [-0.3, -0.25) is 4.79 Å². The second-order valence-corrected chi connectivity index (χ2v) is 6.75. The highest BCUT2D eigenvalue weighted by Gasteiger charge is 2.19. The fraction of sp³-hybridized carbons (Fsp3) is 0.444. The first-order valence-electron chi connectivity index (χ1n) is 8.01. The normalized spacial score (nSPS) is 12.2. The summed E-state index contributed by atoms with van der Waals surface area (Å²) >= 11 is 1.72. The summed E-state index contributed by atoms with van der Waals surface area (Å²) in [4.78, 5) is 25.1. The number of hydrogen-bond acceptors (Lipinski definition) is 5. The summed E-state index contributed by atoms with van der Waals surface area (Å²) < 4.78 is 6.99. The molecular formula is C18H23NO4S. The van der Waals surface area contributed by atoms with Crippen molar-refractivity contribution in [3.63, 3.8) is 0 Å². The Labute approximate surface area is 145 Å². The number of ketones is 1. The fourth-order valence-corrected chi connectivity index (χ4v) is 3.28. The van der Waals surface area contributed by atoms with Crippen molar-refractivity contribution in [3.05, 3.63) is 45.4 Å². The summed E-state index contributed by atoms with van der Waals surface area (Å²) in [5, 5.41) is 11.4. The molecule has 0 fully saturated rings. The number of hydrogen-bond donors (Lipinski definition) is 1. The molecule has 130 valence electrons. The second-order valence-electron chi connectivity index (χ2n) is 5.72. The van der Waals surface area contributed by atoms with E-state index in [4.69, 9.17) is 4.74 Å². The Kier molecular flexibility index (Phi) is 6.34. The molecule has 0 unspecified atom stereocenters. The lowest BCUT2D eigenvalue weighted by Gasteiger charge is -2.10. The summed E-state index contributed by atoms with van der Waals surface area (Å²) in [7, 11) is 0. The van der Waals surface area contributed by atoms with Gasteiger partial charge in [0, 0.05) is 28.4 Å². The van der Waals surface area contributed by atoms with E-state index >= 15 is 0 Å². The third-order valence-electron chi connectivity index (χ3n) is 4.04. The molecule has 0 radical (unpaired) electrons. The number of rotatable bonds is 8. The minimum absolute atomic E-state index is 0.248. The topological polar surface area (TPSA) is 68.5 Å². The number of ether oxygens (including phenoxy) is 1. The van der Waals surface area contributed by atoms with E-state index in [1.807, 2.05) is 26.0 Å². The molecule has 0 aliphatic rings. The zero-order valence-electron chi connectivity index (χ0n) is 14.2. The molecule has 0 aliphatic heterocycles. The Hall–Kier alpha value is -1.92. The van der Waals surface area contributed by atoms with Gasteiger partial charge < -0.3 is 14.4 Å². The highest BCUT2D eigenvalue weighted by Crippen LogP contribution is 2.18. The lowest BCUT2D eigenvalue weighted by Crippen LogP contribution is -2.25. The lowest BCUT2D eigenvalue weighted by atomic mass is 10.1. The molecule has 24 heavy (non-hydrogen) atoms. The molecular weight excluding hydrogens is 326 g/mol. The van der Waals surface area contributed by atoms with Gasteiger partial charge >= 0.3 is 5.97 Å². The van der Waals surface area contributed by atoms with Gasteiger partial charge in [-0.05, 0) is 44.2 Å². The maximum atomic E-state index is 12.3. The molecule has 0 bridgehead atoms. The highest BCUT2D eigenvalue weighted by atomic mass is 32.1. The van der Waals surface area contributed by atoms with E-state index in [9.17, 15) is 14.7 Å².